The fourth-order valence-electron chi connectivity index (χ4n) is 0.552. The van der Waals surface area contributed by atoms with Gasteiger partial charge in [-0.15, -0.1) is 6.58 Å². The first-order chi connectivity index (χ1) is 4.33. The number of rotatable bonds is 2. The van der Waals surface area contributed by atoms with Crippen molar-refractivity contribution in [1.29, 1.82) is 0 Å². The third-order valence-electron chi connectivity index (χ3n) is 0.901. The van der Waals surface area contributed by atoms with Gasteiger partial charge in [-0.05, 0) is 0 Å². The maximum atomic E-state index is 5.28. The molecule has 0 aromatic heterocycles. The van der Waals surface area contributed by atoms with Gasteiger partial charge in [-0.25, -0.2) is 5.84 Å². The van der Waals surface area contributed by atoms with Gasteiger partial charge in [0.1, 0.15) is 6.54 Å². The lowest BCUT2D eigenvalue weighted by molar-refractivity contribution is 0.146. The Labute approximate surface area is 54.1 Å². The van der Waals surface area contributed by atoms with Crippen LogP contribution in [-0.4, -0.2) is 16.7 Å². The first-order valence-corrected chi connectivity index (χ1v) is 2.61. The standard InChI is InChI=1S/C5H9N4/c1-2-3-8-4-5-9(6)7-8/h2,5,7H,1,3,6H2/q+1. The molecule has 0 amide bonds. The molecule has 1 aliphatic heterocycles. The Kier molecular flexibility index (Phi) is 1.65. The van der Waals surface area contributed by atoms with Crippen LogP contribution in [0, 0.1) is 6.20 Å². The molecule has 0 bridgehead atoms. The van der Waals surface area contributed by atoms with Gasteiger partial charge in [0, 0.05) is 0 Å². The lowest BCUT2D eigenvalue weighted by atomic mass is 10.6. The van der Waals surface area contributed by atoms with E-state index in [9.17, 15) is 0 Å². The van der Waals surface area contributed by atoms with E-state index in [0.29, 0.717) is 6.54 Å². The normalized spacial score (nSPS) is 16.1. The third-order valence-corrected chi connectivity index (χ3v) is 0.901. The van der Waals surface area contributed by atoms with Crippen LogP contribution in [0.3, 0.4) is 0 Å². The second-order valence-electron chi connectivity index (χ2n) is 1.66. The van der Waals surface area contributed by atoms with Gasteiger partial charge in [-0.3, -0.25) is 0 Å². The van der Waals surface area contributed by atoms with Crippen molar-refractivity contribution in [1.82, 2.24) is 15.7 Å². The van der Waals surface area contributed by atoms with Crippen molar-refractivity contribution in [3.63, 3.8) is 0 Å². The van der Waals surface area contributed by atoms with Gasteiger partial charge < -0.3 is 0 Å². The molecule has 0 aromatic carbocycles. The average Bonchev–Trinajstić information content (AvgIpc) is 2.17. The average molecular weight is 125 g/mol. The highest BCUT2D eigenvalue weighted by Gasteiger charge is 2.19. The summed E-state index contributed by atoms with van der Waals surface area (Å²) in [6.07, 6.45) is 6.19. The molecule has 48 valence electrons. The van der Waals surface area contributed by atoms with Gasteiger partial charge >= 0.3 is 12.4 Å². The second-order valence-corrected chi connectivity index (χ2v) is 1.66. The lowest BCUT2D eigenvalue weighted by Crippen LogP contribution is -2.43. The lowest BCUT2D eigenvalue weighted by Gasteiger charge is -2.05. The molecule has 0 aromatic rings. The van der Waals surface area contributed by atoms with Crippen LogP contribution >= 0.6 is 0 Å². The molecule has 0 spiro atoms. The van der Waals surface area contributed by atoms with E-state index in [-0.39, 0.29) is 0 Å². The zero-order chi connectivity index (χ0) is 6.69. The number of nitrogens with two attached hydrogens (primary N) is 1. The zero-order valence-corrected chi connectivity index (χ0v) is 5.04. The Morgan fingerprint density at radius 2 is 2.67 bits per heavy atom. The molecule has 0 radical (unpaired) electrons. The predicted molar refractivity (Wildman–Crippen MR) is 33.9 cm³/mol. The monoisotopic (exact) mass is 125 g/mol. The Hall–Kier alpha value is -1.09. The van der Waals surface area contributed by atoms with Crippen LogP contribution in [0.15, 0.2) is 18.9 Å². The molecule has 4 heteroatoms. The van der Waals surface area contributed by atoms with Crippen LogP contribution in [-0.2, 0) is 0 Å². The van der Waals surface area contributed by atoms with Gasteiger partial charge in [-0.2, -0.15) is 5.12 Å². The summed E-state index contributed by atoms with van der Waals surface area (Å²) in [4.78, 5) is 0. The second kappa shape index (κ2) is 2.46. The highest BCUT2D eigenvalue weighted by Crippen LogP contribution is 1.91. The molecule has 0 saturated heterocycles. The number of hydrogen-bond acceptors (Lipinski definition) is 4. The number of nitrogens with zero attached hydrogens (tertiary/aromatic N) is 2. The molecular weight excluding hydrogens is 116 g/mol. The summed E-state index contributed by atoms with van der Waals surface area (Å²) < 4.78 is 0. The Morgan fingerprint density at radius 1 is 1.89 bits per heavy atom. The molecule has 0 saturated carbocycles. The SMILES string of the molecule is C=CCN1[C+]=CN(N)N1. The molecule has 1 aliphatic rings. The highest BCUT2D eigenvalue weighted by atomic mass is 15.8. The maximum absolute atomic E-state index is 5.28. The molecule has 9 heavy (non-hydrogen) atoms. The van der Waals surface area contributed by atoms with Crippen molar-refractivity contribution in [3.05, 3.63) is 25.1 Å². The van der Waals surface area contributed by atoms with Gasteiger partial charge in [0.15, 0.2) is 0 Å². The molecule has 0 aliphatic carbocycles. The van der Waals surface area contributed by atoms with Crippen molar-refractivity contribution in [3.8, 4) is 0 Å². The molecule has 0 unspecified atom stereocenters. The van der Waals surface area contributed by atoms with Gasteiger partial charge in [-0.1, -0.05) is 16.6 Å². The topological polar surface area (TPSA) is 44.5 Å². The van der Waals surface area contributed by atoms with Crippen molar-refractivity contribution < 1.29 is 0 Å². The van der Waals surface area contributed by atoms with Gasteiger partial charge in [0.2, 0.25) is 0 Å². The van der Waals surface area contributed by atoms with E-state index in [1.54, 1.807) is 17.3 Å². The van der Waals surface area contributed by atoms with Crippen molar-refractivity contribution in [2.24, 2.45) is 5.84 Å². The zero-order valence-electron chi connectivity index (χ0n) is 5.04. The summed E-state index contributed by atoms with van der Waals surface area (Å²) in [5.41, 5.74) is 2.76. The summed E-state index contributed by atoms with van der Waals surface area (Å²) in [7, 11) is 0. The molecular formula is C5H9N4+. The molecule has 3 N–H and O–H groups in total. The van der Waals surface area contributed by atoms with Crippen LogP contribution in [0.2, 0.25) is 0 Å². The summed E-state index contributed by atoms with van der Waals surface area (Å²) in [6.45, 7) is 4.25. The van der Waals surface area contributed by atoms with Crippen molar-refractivity contribution in [2.75, 3.05) is 6.54 Å². The molecule has 0 fully saturated rings. The minimum Gasteiger partial charge on any atom is -0.227 e. The van der Waals surface area contributed by atoms with E-state index < -0.39 is 0 Å². The van der Waals surface area contributed by atoms with E-state index in [2.05, 4.69) is 18.3 Å². The van der Waals surface area contributed by atoms with E-state index >= 15 is 0 Å². The maximum Gasteiger partial charge on any atom is 0.411 e. The first kappa shape index (κ1) is 6.04. The summed E-state index contributed by atoms with van der Waals surface area (Å²) in [5.74, 6) is 5.28. The van der Waals surface area contributed by atoms with Crippen molar-refractivity contribution >= 4 is 0 Å². The summed E-state index contributed by atoms with van der Waals surface area (Å²) in [5, 5.41) is 3.01. The third kappa shape index (κ3) is 1.40. The minimum atomic E-state index is 0.699. The van der Waals surface area contributed by atoms with Crippen LogP contribution in [0.1, 0.15) is 0 Å². The largest absolute Gasteiger partial charge is 0.411 e. The van der Waals surface area contributed by atoms with Crippen LogP contribution in [0.25, 0.3) is 0 Å². The van der Waals surface area contributed by atoms with Crippen molar-refractivity contribution in [2.45, 2.75) is 0 Å². The highest BCUT2D eigenvalue weighted by molar-refractivity contribution is 4.80. The predicted octanol–water partition coefficient (Wildman–Crippen LogP) is -0.642. The quantitative estimate of drug-likeness (QED) is 0.292. The summed E-state index contributed by atoms with van der Waals surface area (Å²) in [6, 6.07) is 0. The van der Waals surface area contributed by atoms with E-state index in [0.717, 1.165) is 0 Å². The van der Waals surface area contributed by atoms with Gasteiger partial charge in [0.05, 0.1) is 0 Å². The number of hydrazine groups is 3. The van der Waals surface area contributed by atoms with E-state index in [1.807, 2.05) is 0 Å². The number of nitrogens with one attached hydrogen (secondary N) is 1. The molecule has 1 heterocycles. The Bertz CT molecular complexity index is 131. The Balaban J connectivity index is 2.31. The van der Waals surface area contributed by atoms with E-state index in [4.69, 9.17) is 5.84 Å². The Morgan fingerprint density at radius 3 is 3.11 bits per heavy atom. The minimum absolute atomic E-state index is 0.699. The smallest absolute Gasteiger partial charge is 0.227 e. The van der Waals surface area contributed by atoms with Crippen LogP contribution in [0.5, 0.6) is 0 Å². The van der Waals surface area contributed by atoms with Crippen LogP contribution in [0.4, 0.5) is 0 Å². The number of hydrogen-bond donors (Lipinski definition) is 2. The molecule has 1 rings (SSSR count). The first-order valence-electron chi connectivity index (χ1n) is 2.61. The van der Waals surface area contributed by atoms with Gasteiger partial charge in [0.25, 0.3) is 0 Å². The van der Waals surface area contributed by atoms with Crippen LogP contribution < -0.4 is 11.4 Å². The van der Waals surface area contributed by atoms with E-state index in [1.165, 1.54) is 5.12 Å². The summed E-state index contributed by atoms with van der Waals surface area (Å²) >= 11 is 0. The fraction of sp³-hybridized carbons (Fsp3) is 0.200. The fourth-order valence-corrected chi connectivity index (χ4v) is 0.552. The molecule has 4 nitrogen and oxygen atoms in total. The molecule has 0 atom stereocenters.